The topological polar surface area (TPSA) is 26.8 Å². The Morgan fingerprint density at radius 1 is 1.25 bits per heavy atom. The normalized spacial score (nSPS) is 22.7. The van der Waals surface area contributed by atoms with Crippen LogP contribution in [0.5, 0.6) is 0 Å². The van der Waals surface area contributed by atoms with E-state index >= 15 is 0 Å². The van der Waals surface area contributed by atoms with E-state index in [0.29, 0.717) is 17.7 Å². The Morgan fingerprint density at radius 3 is 2.75 bits per heavy atom. The summed E-state index contributed by atoms with van der Waals surface area (Å²) in [5, 5.41) is 0.796. The molecule has 24 heavy (non-hydrogen) atoms. The number of carbonyl (C=O) groups excluding carboxylic acids is 1. The molecule has 4 nitrogen and oxygen atoms in total. The Bertz CT molecular complexity index is 563. The van der Waals surface area contributed by atoms with E-state index in [-0.39, 0.29) is 0 Å². The van der Waals surface area contributed by atoms with Gasteiger partial charge in [-0.25, -0.2) is 0 Å². The molecule has 1 amide bonds. The lowest BCUT2D eigenvalue weighted by molar-refractivity contribution is -0.130. The van der Waals surface area contributed by atoms with E-state index in [1.807, 2.05) is 24.5 Å². The van der Waals surface area contributed by atoms with Crippen LogP contribution in [0.3, 0.4) is 0 Å². The van der Waals surface area contributed by atoms with E-state index in [2.05, 4.69) is 20.8 Å². The molecule has 2 aliphatic rings. The standard InChI is InChI=1S/C18H26ClN3OS/c1-24-14-18(23)22-7-3-6-17(13-22)21-10-8-20(9-11-21)16-5-2-4-15(19)12-16/h2,4-5,12,17H,3,6-11,13-14H2,1H3. The number of anilines is 1. The van der Waals surface area contributed by atoms with Gasteiger partial charge in [0.05, 0.1) is 5.75 Å². The molecule has 0 saturated carbocycles. The molecule has 1 atom stereocenters. The van der Waals surface area contributed by atoms with Crippen molar-refractivity contribution in [1.82, 2.24) is 9.80 Å². The first-order valence-electron chi connectivity index (χ1n) is 8.68. The van der Waals surface area contributed by atoms with E-state index in [0.717, 1.165) is 50.7 Å². The second kappa shape index (κ2) is 8.45. The summed E-state index contributed by atoms with van der Waals surface area (Å²) >= 11 is 7.73. The third kappa shape index (κ3) is 4.38. The van der Waals surface area contributed by atoms with Crippen molar-refractivity contribution in [2.45, 2.75) is 18.9 Å². The Kier molecular flexibility index (Phi) is 6.31. The van der Waals surface area contributed by atoms with Gasteiger partial charge in [0.2, 0.25) is 5.91 Å². The Balaban J connectivity index is 1.53. The van der Waals surface area contributed by atoms with Crippen molar-refractivity contribution < 1.29 is 4.79 Å². The van der Waals surface area contributed by atoms with Crippen molar-refractivity contribution in [1.29, 1.82) is 0 Å². The van der Waals surface area contributed by atoms with Crippen LogP contribution in [0.1, 0.15) is 12.8 Å². The van der Waals surface area contributed by atoms with Gasteiger partial charge in [-0.3, -0.25) is 9.69 Å². The van der Waals surface area contributed by atoms with Crippen LogP contribution in [-0.4, -0.2) is 73.0 Å². The van der Waals surface area contributed by atoms with Crippen LogP contribution in [-0.2, 0) is 4.79 Å². The third-order valence-corrected chi connectivity index (χ3v) is 5.79. The second-order valence-corrected chi connectivity index (χ2v) is 7.87. The van der Waals surface area contributed by atoms with Gasteiger partial charge in [-0.15, -0.1) is 0 Å². The van der Waals surface area contributed by atoms with E-state index in [9.17, 15) is 4.79 Å². The highest BCUT2D eigenvalue weighted by Crippen LogP contribution is 2.23. The van der Waals surface area contributed by atoms with Crippen LogP contribution >= 0.6 is 23.4 Å². The van der Waals surface area contributed by atoms with Crippen LogP contribution in [0, 0.1) is 0 Å². The summed E-state index contributed by atoms with van der Waals surface area (Å²) < 4.78 is 0. The van der Waals surface area contributed by atoms with E-state index in [1.165, 1.54) is 12.1 Å². The fourth-order valence-corrected chi connectivity index (χ4v) is 4.33. The monoisotopic (exact) mass is 367 g/mol. The first-order valence-corrected chi connectivity index (χ1v) is 10.5. The van der Waals surface area contributed by atoms with Crippen molar-refractivity contribution in [2.24, 2.45) is 0 Å². The van der Waals surface area contributed by atoms with Gasteiger partial charge >= 0.3 is 0 Å². The van der Waals surface area contributed by atoms with Crippen LogP contribution in [0.2, 0.25) is 5.02 Å². The number of nitrogens with zero attached hydrogens (tertiary/aromatic N) is 3. The zero-order valence-corrected chi connectivity index (χ0v) is 15.9. The van der Waals surface area contributed by atoms with E-state index in [4.69, 9.17) is 11.6 Å². The molecule has 132 valence electrons. The average molecular weight is 368 g/mol. The van der Waals surface area contributed by atoms with Crippen molar-refractivity contribution in [3.8, 4) is 0 Å². The number of thioether (sulfide) groups is 1. The SMILES string of the molecule is CSCC(=O)N1CCCC(N2CCN(c3cccc(Cl)c3)CC2)C1. The number of rotatable bonds is 4. The molecular formula is C18H26ClN3OS. The maximum atomic E-state index is 12.2. The highest BCUT2D eigenvalue weighted by molar-refractivity contribution is 7.99. The molecule has 0 spiro atoms. The molecule has 2 fully saturated rings. The van der Waals surface area contributed by atoms with Gasteiger partial charge in [-0.2, -0.15) is 11.8 Å². The van der Waals surface area contributed by atoms with Crippen LogP contribution in [0.15, 0.2) is 24.3 Å². The molecule has 1 unspecified atom stereocenters. The molecule has 2 heterocycles. The fourth-order valence-electron chi connectivity index (χ4n) is 3.71. The molecule has 1 aromatic carbocycles. The summed E-state index contributed by atoms with van der Waals surface area (Å²) in [6.45, 7) is 5.99. The van der Waals surface area contributed by atoms with Gasteiger partial charge in [-0.1, -0.05) is 17.7 Å². The number of likely N-dealkylation sites (tertiary alicyclic amines) is 1. The number of hydrogen-bond acceptors (Lipinski definition) is 4. The molecule has 3 rings (SSSR count). The number of benzene rings is 1. The lowest BCUT2D eigenvalue weighted by atomic mass is 10.0. The molecule has 0 aliphatic carbocycles. The lowest BCUT2D eigenvalue weighted by Crippen LogP contribution is -2.56. The van der Waals surface area contributed by atoms with Crippen molar-refractivity contribution in [3.63, 3.8) is 0 Å². The molecule has 2 aliphatic heterocycles. The minimum Gasteiger partial charge on any atom is -0.369 e. The summed E-state index contributed by atoms with van der Waals surface area (Å²) in [6.07, 6.45) is 4.33. The van der Waals surface area contributed by atoms with Crippen LogP contribution in [0.25, 0.3) is 0 Å². The van der Waals surface area contributed by atoms with Gasteiger partial charge < -0.3 is 9.80 Å². The van der Waals surface area contributed by atoms with Crippen molar-refractivity contribution in [3.05, 3.63) is 29.3 Å². The maximum absolute atomic E-state index is 12.2. The first kappa shape index (κ1) is 17.9. The number of piperidine rings is 1. The minimum atomic E-state index is 0.296. The summed E-state index contributed by atoms with van der Waals surface area (Å²) in [6, 6.07) is 8.63. The third-order valence-electron chi connectivity index (χ3n) is 5.02. The second-order valence-electron chi connectivity index (χ2n) is 6.57. The summed E-state index contributed by atoms with van der Waals surface area (Å²) in [7, 11) is 0. The van der Waals surface area contributed by atoms with Crippen molar-refractivity contribution in [2.75, 3.05) is 56.2 Å². The predicted octanol–water partition coefficient (Wildman–Crippen LogP) is 2.82. The van der Waals surface area contributed by atoms with Gasteiger partial charge in [-0.05, 0) is 37.3 Å². The maximum Gasteiger partial charge on any atom is 0.232 e. The van der Waals surface area contributed by atoms with E-state index in [1.54, 1.807) is 11.8 Å². The lowest BCUT2D eigenvalue weighted by Gasteiger charge is -2.44. The number of piperazine rings is 1. The number of amides is 1. The van der Waals surface area contributed by atoms with Gasteiger partial charge in [0.15, 0.2) is 0 Å². The predicted molar refractivity (Wildman–Crippen MR) is 103 cm³/mol. The highest BCUT2D eigenvalue weighted by atomic mass is 35.5. The smallest absolute Gasteiger partial charge is 0.232 e. The Labute approximate surface area is 154 Å². The van der Waals surface area contributed by atoms with Gasteiger partial charge in [0.1, 0.15) is 0 Å². The summed E-state index contributed by atoms with van der Waals surface area (Å²) in [4.78, 5) is 19.2. The zero-order chi connectivity index (χ0) is 16.9. The molecule has 0 N–H and O–H groups in total. The largest absolute Gasteiger partial charge is 0.369 e. The Hall–Kier alpha value is -0.910. The molecule has 2 saturated heterocycles. The number of carbonyl (C=O) groups is 1. The quantitative estimate of drug-likeness (QED) is 0.817. The van der Waals surface area contributed by atoms with Gasteiger partial charge in [0, 0.05) is 56.0 Å². The fraction of sp³-hybridized carbons (Fsp3) is 0.611. The molecule has 0 aromatic heterocycles. The molecule has 0 radical (unpaired) electrons. The van der Waals surface area contributed by atoms with E-state index < -0.39 is 0 Å². The Morgan fingerprint density at radius 2 is 2.04 bits per heavy atom. The van der Waals surface area contributed by atoms with Gasteiger partial charge in [0.25, 0.3) is 0 Å². The highest BCUT2D eigenvalue weighted by Gasteiger charge is 2.29. The van der Waals surface area contributed by atoms with Crippen LogP contribution in [0.4, 0.5) is 5.69 Å². The minimum absolute atomic E-state index is 0.296. The first-order chi connectivity index (χ1) is 11.7. The molecule has 1 aromatic rings. The summed E-state index contributed by atoms with van der Waals surface area (Å²) in [5.74, 6) is 0.902. The van der Waals surface area contributed by atoms with Crippen LogP contribution < -0.4 is 4.90 Å². The molecule has 6 heteroatoms. The number of hydrogen-bond donors (Lipinski definition) is 0. The number of halogens is 1. The average Bonchev–Trinajstić information content (AvgIpc) is 2.62. The molecule has 0 bridgehead atoms. The zero-order valence-electron chi connectivity index (χ0n) is 14.3. The summed E-state index contributed by atoms with van der Waals surface area (Å²) in [5.41, 5.74) is 1.21. The van der Waals surface area contributed by atoms with Crippen molar-refractivity contribution >= 4 is 35.0 Å². The molecular weight excluding hydrogens is 342 g/mol.